The van der Waals surface area contributed by atoms with Gasteiger partial charge in [0.1, 0.15) is 0 Å². The molecule has 1 N–H and O–H groups in total. The average molecular weight is 196 g/mol. The summed E-state index contributed by atoms with van der Waals surface area (Å²) in [4.78, 5) is 2.76. The van der Waals surface area contributed by atoms with Crippen LogP contribution in [0.1, 0.15) is 25.7 Å². The minimum absolute atomic E-state index is 0.780. The molecule has 3 heteroatoms. The van der Waals surface area contributed by atoms with E-state index in [4.69, 9.17) is 4.74 Å². The van der Waals surface area contributed by atoms with Crippen LogP contribution in [0.4, 0.5) is 0 Å². The van der Waals surface area contributed by atoms with Gasteiger partial charge in [0.25, 0.3) is 0 Å². The molecule has 14 heavy (non-hydrogen) atoms. The summed E-state index contributed by atoms with van der Waals surface area (Å²) in [5, 5.41) is 3.61. The fourth-order valence-electron chi connectivity index (χ4n) is 3.21. The van der Waals surface area contributed by atoms with E-state index >= 15 is 0 Å². The van der Waals surface area contributed by atoms with Gasteiger partial charge in [-0.3, -0.25) is 4.90 Å². The third-order valence-electron chi connectivity index (χ3n) is 4.05. The van der Waals surface area contributed by atoms with Gasteiger partial charge in [-0.25, -0.2) is 0 Å². The summed E-state index contributed by atoms with van der Waals surface area (Å²) in [6.45, 7) is 4.47. The predicted octanol–water partition coefficient (Wildman–Crippen LogP) is 0.602. The lowest BCUT2D eigenvalue weighted by atomic mass is 9.90. The highest BCUT2D eigenvalue weighted by atomic mass is 16.5. The molecule has 0 aromatic heterocycles. The van der Waals surface area contributed by atoms with E-state index in [9.17, 15) is 0 Å². The highest BCUT2D eigenvalue weighted by molar-refractivity contribution is 4.95. The van der Waals surface area contributed by atoms with Gasteiger partial charge in [-0.05, 0) is 25.7 Å². The van der Waals surface area contributed by atoms with Crippen LogP contribution in [0.5, 0.6) is 0 Å². The van der Waals surface area contributed by atoms with Gasteiger partial charge in [-0.2, -0.15) is 0 Å². The largest absolute Gasteiger partial charge is 0.381 e. The smallest absolute Gasteiger partial charge is 0.0480 e. The van der Waals surface area contributed by atoms with E-state index in [-0.39, 0.29) is 0 Å². The van der Waals surface area contributed by atoms with Crippen LogP contribution in [0.25, 0.3) is 0 Å². The second-order valence-electron chi connectivity index (χ2n) is 4.88. The Bertz CT molecular complexity index is 195. The molecule has 0 radical (unpaired) electrons. The molecular formula is C11H20N2O. The number of nitrogens with zero attached hydrogens (tertiary/aromatic N) is 1. The molecule has 0 aromatic carbocycles. The van der Waals surface area contributed by atoms with E-state index < -0.39 is 0 Å². The van der Waals surface area contributed by atoms with Gasteiger partial charge in [0.2, 0.25) is 0 Å². The topological polar surface area (TPSA) is 24.5 Å². The number of hydrogen-bond acceptors (Lipinski definition) is 3. The quantitative estimate of drug-likeness (QED) is 0.665. The summed E-state index contributed by atoms with van der Waals surface area (Å²) >= 11 is 0. The van der Waals surface area contributed by atoms with Crippen LogP contribution in [-0.4, -0.2) is 49.3 Å². The lowest BCUT2D eigenvalue weighted by Gasteiger charge is -2.50. The first-order valence-electron chi connectivity index (χ1n) is 6.00. The summed E-state index contributed by atoms with van der Waals surface area (Å²) < 4.78 is 5.43. The lowest BCUT2D eigenvalue weighted by Crippen LogP contribution is -2.63. The van der Waals surface area contributed by atoms with Crippen molar-refractivity contribution in [3.63, 3.8) is 0 Å². The number of fused-ring (bicyclic) bond motifs is 3. The van der Waals surface area contributed by atoms with Gasteiger partial charge in [-0.1, -0.05) is 0 Å². The first-order chi connectivity index (χ1) is 6.93. The first-order valence-corrected chi connectivity index (χ1v) is 6.00. The van der Waals surface area contributed by atoms with E-state index in [0.717, 1.165) is 31.3 Å². The maximum atomic E-state index is 5.43. The third kappa shape index (κ3) is 1.58. The maximum absolute atomic E-state index is 5.43. The number of piperidine rings is 2. The first kappa shape index (κ1) is 9.13. The van der Waals surface area contributed by atoms with Gasteiger partial charge < -0.3 is 10.1 Å². The Balaban J connectivity index is 1.66. The van der Waals surface area contributed by atoms with Crippen molar-refractivity contribution in [1.82, 2.24) is 10.2 Å². The molecule has 4 rings (SSSR count). The van der Waals surface area contributed by atoms with Crippen molar-refractivity contribution >= 4 is 0 Å². The fourth-order valence-corrected chi connectivity index (χ4v) is 3.21. The van der Waals surface area contributed by atoms with E-state index in [2.05, 4.69) is 10.2 Å². The van der Waals surface area contributed by atoms with Crippen molar-refractivity contribution in [1.29, 1.82) is 0 Å². The summed E-state index contributed by atoms with van der Waals surface area (Å²) in [5.74, 6) is 0. The Morgan fingerprint density at radius 2 is 1.86 bits per heavy atom. The van der Waals surface area contributed by atoms with Crippen LogP contribution in [0.3, 0.4) is 0 Å². The number of nitrogens with one attached hydrogen (secondary N) is 1. The van der Waals surface area contributed by atoms with Crippen LogP contribution < -0.4 is 5.32 Å². The second kappa shape index (κ2) is 3.80. The van der Waals surface area contributed by atoms with Crippen LogP contribution in [0.2, 0.25) is 0 Å². The molecule has 2 bridgehead atoms. The lowest BCUT2D eigenvalue weighted by molar-refractivity contribution is -0.0195. The average Bonchev–Trinajstić information content (AvgIpc) is 2.32. The zero-order valence-electron chi connectivity index (χ0n) is 8.74. The number of piperazine rings is 1. The molecule has 2 atom stereocenters. The summed E-state index contributed by atoms with van der Waals surface area (Å²) in [5.41, 5.74) is 0. The molecule has 4 fully saturated rings. The van der Waals surface area contributed by atoms with Gasteiger partial charge in [-0.15, -0.1) is 0 Å². The van der Waals surface area contributed by atoms with Gasteiger partial charge in [0, 0.05) is 44.4 Å². The second-order valence-corrected chi connectivity index (χ2v) is 4.88. The van der Waals surface area contributed by atoms with Crippen molar-refractivity contribution < 1.29 is 4.74 Å². The molecule has 80 valence electrons. The molecule has 3 nitrogen and oxygen atoms in total. The Hall–Kier alpha value is -0.120. The fraction of sp³-hybridized carbons (Fsp3) is 1.00. The van der Waals surface area contributed by atoms with Crippen molar-refractivity contribution in [3.05, 3.63) is 0 Å². The molecule has 0 saturated carbocycles. The Morgan fingerprint density at radius 3 is 2.43 bits per heavy atom. The number of rotatable bonds is 1. The zero-order chi connectivity index (χ0) is 9.38. The molecular weight excluding hydrogens is 176 g/mol. The SMILES string of the molecule is C1CC(N2CC3CCC2CN3)CCO1. The molecule has 4 saturated heterocycles. The molecule has 0 spiro atoms. The standard InChI is InChI=1S/C11H20N2O/c1-2-11-7-12-9(1)8-13(11)10-3-5-14-6-4-10/h9-12H,1-8H2. The van der Waals surface area contributed by atoms with Gasteiger partial charge in [0.05, 0.1) is 0 Å². The highest BCUT2D eigenvalue weighted by Crippen LogP contribution is 2.27. The van der Waals surface area contributed by atoms with Crippen molar-refractivity contribution in [2.75, 3.05) is 26.3 Å². The monoisotopic (exact) mass is 196 g/mol. The molecule has 0 aromatic rings. The minimum atomic E-state index is 0.780. The van der Waals surface area contributed by atoms with Gasteiger partial charge in [0.15, 0.2) is 0 Å². The molecule has 4 aliphatic heterocycles. The highest BCUT2D eigenvalue weighted by Gasteiger charge is 2.37. The maximum Gasteiger partial charge on any atom is 0.0480 e. The van der Waals surface area contributed by atoms with Crippen LogP contribution in [0, 0.1) is 0 Å². The molecule has 4 heterocycles. The number of ether oxygens (including phenoxy) is 1. The van der Waals surface area contributed by atoms with E-state index in [1.807, 2.05) is 0 Å². The Labute approximate surface area is 85.8 Å². The Kier molecular flexibility index (Phi) is 2.48. The van der Waals surface area contributed by atoms with E-state index in [1.54, 1.807) is 0 Å². The van der Waals surface area contributed by atoms with E-state index in [0.29, 0.717) is 0 Å². The third-order valence-corrected chi connectivity index (χ3v) is 4.05. The summed E-state index contributed by atoms with van der Waals surface area (Å²) in [6.07, 6.45) is 5.31. The molecule has 0 aliphatic carbocycles. The van der Waals surface area contributed by atoms with Crippen LogP contribution in [-0.2, 0) is 4.74 Å². The van der Waals surface area contributed by atoms with Crippen molar-refractivity contribution in [2.24, 2.45) is 0 Å². The molecule has 4 aliphatic rings. The van der Waals surface area contributed by atoms with Crippen LogP contribution in [0.15, 0.2) is 0 Å². The van der Waals surface area contributed by atoms with Crippen molar-refractivity contribution in [3.8, 4) is 0 Å². The summed E-state index contributed by atoms with van der Waals surface area (Å²) in [7, 11) is 0. The van der Waals surface area contributed by atoms with Crippen LogP contribution >= 0.6 is 0 Å². The Morgan fingerprint density at radius 1 is 1.00 bits per heavy atom. The molecule has 2 unspecified atom stereocenters. The number of hydrogen-bond donors (Lipinski definition) is 1. The van der Waals surface area contributed by atoms with Gasteiger partial charge >= 0.3 is 0 Å². The predicted molar refractivity (Wildman–Crippen MR) is 55.4 cm³/mol. The summed E-state index contributed by atoms with van der Waals surface area (Å²) in [6, 6.07) is 2.42. The zero-order valence-corrected chi connectivity index (χ0v) is 8.74. The minimum Gasteiger partial charge on any atom is -0.381 e. The van der Waals surface area contributed by atoms with Crippen molar-refractivity contribution in [2.45, 2.75) is 43.8 Å². The molecule has 0 amide bonds. The van der Waals surface area contributed by atoms with E-state index in [1.165, 1.54) is 38.8 Å². The normalized spacial score (nSPS) is 40.3.